The van der Waals surface area contributed by atoms with Gasteiger partial charge in [-0.05, 0) is 48.6 Å². The highest BCUT2D eigenvalue weighted by Crippen LogP contribution is 2.36. The molecule has 0 aliphatic carbocycles. The maximum atomic E-state index is 9.56. The van der Waals surface area contributed by atoms with Gasteiger partial charge in [-0.1, -0.05) is 25.0 Å². The molecule has 0 amide bonds. The zero-order valence-electron chi connectivity index (χ0n) is 19.3. The van der Waals surface area contributed by atoms with Crippen molar-refractivity contribution in [2.45, 2.75) is 35.5 Å². The fourth-order valence-electron chi connectivity index (χ4n) is 2.60. The molecule has 0 fully saturated rings. The molecule has 0 spiro atoms. The van der Waals surface area contributed by atoms with Gasteiger partial charge in [0.2, 0.25) is 0 Å². The summed E-state index contributed by atoms with van der Waals surface area (Å²) >= 11 is 11.2. The first-order chi connectivity index (χ1) is 16.5. The van der Waals surface area contributed by atoms with Crippen molar-refractivity contribution >= 4 is 48.8 Å². The lowest BCUT2D eigenvalue weighted by molar-refractivity contribution is 0.0605. The number of thiol groups is 2. The number of aromatic hydroxyl groups is 4. The van der Waals surface area contributed by atoms with Gasteiger partial charge in [-0.2, -0.15) is 25.3 Å². The minimum absolute atomic E-state index is 0.00265. The Bertz CT molecular complexity index is 794. The summed E-state index contributed by atoms with van der Waals surface area (Å²) in [5.41, 5.74) is 0. The predicted molar refractivity (Wildman–Crippen MR) is 149 cm³/mol. The second kappa shape index (κ2) is 20.2. The molecule has 192 valence electrons. The van der Waals surface area contributed by atoms with Gasteiger partial charge in [0.15, 0.2) is 23.0 Å². The molecule has 0 heterocycles. The van der Waals surface area contributed by atoms with E-state index in [9.17, 15) is 20.4 Å². The lowest BCUT2D eigenvalue weighted by Gasteiger charge is -2.06. The van der Waals surface area contributed by atoms with Crippen molar-refractivity contribution in [3.8, 4) is 23.0 Å². The van der Waals surface area contributed by atoms with Gasteiger partial charge in [0.1, 0.15) is 0 Å². The molecule has 2 aromatic carbocycles. The molecule has 2 aromatic rings. The van der Waals surface area contributed by atoms with Crippen LogP contribution in [0.5, 0.6) is 23.0 Å². The number of rotatable bonds is 16. The van der Waals surface area contributed by atoms with E-state index in [1.54, 1.807) is 30.0 Å². The number of phenolic OH excluding ortho intramolecular Hbond substituents is 4. The van der Waals surface area contributed by atoms with Crippen LogP contribution in [0, 0.1) is 0 Å². The van der Waals surface area contributed by atoms with E-state index in [-0.39, 0.29) is 23.0 Å². The standard InChI is InChI=1S/C12H18O4S2.C12H18O2S2/c13-10-2-1-3-11(12(10)14)18-9-7-16-5-4-15-6-8-17;13-10-6-5-7-11(12(10)14)16-9-4-2-1-3-8-15/h1-3,13-14,17H,4-9H2;5-7,13-15H,1-4,8-9H2. The van der Waals surface area contributed by atoms with Crippen LogP contribution in [0.4, 0.5) is 0 Å². The van der Waals surface area contributed by atoms with E-state index >= 15 is 0 Å². The SMILES string of the molecule is Oc1cccc(SCCCCCCS)c1O.Oc1cccc(SCCOCCOCCS)c1O. The lowest BCUT2D eigenvalue weighted by Crippen LogP contribution is -2.07. The molecule has 4 N–H and O–H groups in total. The van der Waals surface area contributed by atoms with Gasteiger partial charge in [0.05, 0.1) is 36.2 Å². The number of hydrogen-bond acceptors (Lipinski definition) is 10. The van der Waals surface area contributed by atoms with Gasteiger partial charge in [0, 0.05) is 11.5 Å². The normalized spacial score (nSPS) is 10.6. The highest BCUT2D eigenvalue weighted by atomic mass is 32.2. The van der Waals surface area contributed by atoms with Gasteiger partial charge in [-0.3, -0.25) is 0 Å². The molecule has 0 aromatic heterocycles. The lowest BCUT2D eigenvalue weighted by atomic mass is 10.2. The molecule has 0 aliphatic heterocycles. The average Bonchev–Trinajstić information content (AvgIpc) is 2.83. The molecule has 34 heavy (non-hydrogen) atoms. The van der Waals surface area contributed by atoms with Crippen molar-refractivity contribution in [2.75, 3.05) is 49.4 Å². The molecule has 0 saturated heterocycles. The number of thioether (sulfide) groups is 2. The number of hydrogen-bond donors (Lipinski definition) is 6. The Balaban J connectivity index is 0.000000342. The van der Waals surface area contributed by atoms with Crippen LogP contribution in [0.1, 0.15) is 25.7 Å². The molecule has 0 atom stereocenters. The van der Waals surface area contributed by atoms with E-state index < -0.39 is 0 Å². The second-order valence-electron chi connectivity index (χ2n) is 7.03. The van der Waals surface area contributed by atoms with Gasteiger partial charge in [-0.25, -0.2) is 0 Å². The summed E-state index contributed by atoms with van der Waals surface area (Å²) in [6.45, 7) is 2.34. The Morgan fingerprint density at radius 2 is 1.12 bits per heavy atom. The van der Waals surface area contributed by atoms with Crippen LogP contribution in [0.25, 0.3) is 0 Å². The minimum Gasteiger partial charge on any atom is -0.504 e. The Kier molecular flexibility index (Phi) is 18.4. The number of ether oxygens (including phenoxy) is 2. The monoisotopic (exact) mass is 548 g/mol. The van der Waals surface area contributed by atoms with Gasteiger partial charge in [-0.15, -0.1) is 23.5 Å². The summed E-state index contributed by atoms with van der Waals surface area (Å²) in [6, 6.07) is 9.98. The molecule has 10 heteroatoms. The minimum atomic E-state index is -0.0962. The predicted octanol–water partition coefficient (Wildman–Crippen LogP) is 5.83. The van der Waals surface area contributed by atoms with Gasteiger partial charge < -0.3 is 29.9 Å². The third-order valence-corrected chi connectivity index (χ3v) is 7.00. The number of para-hydroxylation sites is 2. The Morgan fingerprint density at radius 1 is 0.588 bits per heavy atom. The molecule has 2 rings (SSSR count). The fourth-order valence-corrected chi connectivity index (χ4v) is 4.78. The maximum Gasteiger partial charge on any atom is 0.171 e. The Morgan fingerprint density at radius 3 is 1.68 bits per heavy atom. The quantitative estimate of drug-likeness (QED) is 0.0674. The average molecular weight is 549 g/mol. The Labute approximate surface area is 222 Å². The van der Waals surface area contributed by atoms with Crippen molar-refractivity contribution in [1.29, 1.82) is 0 Å². The summed E-state index contributed by atoms with van der Waals surface area (Å²) in [5.74, 6) is 3.16. The maximum absolute atomic E-state index is 9.56. The zero-order chi connectivity index (χ0) is 25.0. The Hall–Kier alpha value is -1.04. The third kappa shape index (κ3) is 13.7. The highest BCUT2D eigenvalue weighted by Gasteiger charge is 2.06. The molecule has 6 nitrogen and oxygen atoms in total. The number of benzene rings is 2. The van der Waals surface area contributed by atoms with E-state index in [1.807, 2.05) is 6.07 Å². The molecular weight excluding hydrogens is 513 g/mol. The van der Waals surface area contributed by atoms with E-state index in [4.69, 9.17) is 9.47 Å². The molecule has 0 unspecified atom stereocenters. The first-order valence-electron chi connectivity index (χ1n) is 11.2. The summed E-state index contributed by atoms with van der Waals surface area (Å²) in [6.07, 6.45) is 4.72. The highest BCUT2D eigenvalue weighted by molar-refractivity contribution is 7.99. The molecular formula is C24H36O6S4. The summed E-state index contributed by atoms with van der Waals surface area (Å²) in [4.78, 5) is 1.42. The van der Waals surface area contributed by atoms with Crippen LogP contribution in [-0.4, -0.2) is 69.9 Å². The molecule has 0 bridgehead atoms. The zero-order valence-corrected chi connectivity index (χ0v) is 22.7. The van der Waals surface area contributed by atoms with Crippen molar-refractivity contribution < 1.29 is 29.9 Å². The van der Waals surface area contributed by atoms with E-state index in [2.05, 4.69) is 25.3 Å². The summed E-state index contributed by atoms with van der Waals surface area (Å²) in [7, 11) is 0. The number of phenols is 4. The van der Waals surface area contributed by atoms with Crippen LogP contribution in [0.2, 0.25) is 0 Å². The van der Waals surface area contributed by atoms with Crippen LogP contribution >= 0.6 is 48.8 Å². The van der Waals surface area contributed by atoms with E-state index in [0.29, 0.717) is 42.8 Å². The summed E-state index contributed by atoms with van der Waals surface area (Å²) < 4.78 is 10.6. The van der Waals surface area contributed by atoms with E-state index in [0.717, 1.165) is 22.8 Å². The van der Waals surface area contributed by atoms with Crippen LogP contribution in [-0.2, 0) is 9.47 Å². The first kappa shape index (κ1) is 31.0. The third-order valence-electron chi connectivity index (χ3n) is 4.36. The van der Waals surface area contributed by atoms with Crippen LogP contribution < -0.4 is 0 Å². The summed E-state index contributed by atoms with van der Waals surface area (Å²) in [5, 5.41) is 37.7. The van der Waals surface area contributed by atoms with Crippen molar-refractivity contribution in [3.05, 3.63) is 36.4 Å². The van der Waals surface area contributed by atoms with Gasteiger partial charge in [0.25, 0.3) is 0 Å². The van der Waals surface area contributed by atoms with Gasteiger partial charge >= 0.3 is 0 Å². The first-order valence-corrected chi connectivity index (χ1v) is 14.4. The second-order valence-corrected chi connectivity index (χ2v) is 10.2. The topological polar surface area (TPSA) is 99.4 Å². The molecule has 0 radical (unpaired) electrons. The smallest absolute Gasteiger partial charge is 0.171 e. The molecule has 0 saturated carbocycles. The fraction of sp³-hybridized carbons (Fsp3) is 0.500. The van der Waals surface area contributed by atoms with Crippen LogP contribution in [0.15, 0.2) is 46.2 Å². The van der Waals surface area contributed by atoms with Crippen molar-refractivity contribution in [3.63, 3.8) is 0 Å². The molecule has 0 aliphatic rings. The van der Waals surface area contributed by atoms with Crippen molar-refractivity contribution in [1.82, 2.24) is 0 Å². The largest absolute Gasteiger partial charge is 0.504 e. The number of unbranched alkanes of at least 4 members (excludes halogenated alkanes) is 3. The van der Waals surface area contributed by atoms with E-state index in [1.165, 1.54) is 43.2 Å². The van der Waals surface area contributed by atoms with Crippen LogP contribution in [0.3, 0.4) is 0 Å². The van der Waals surface area contributed by atoms with Crippen molar-refractivity contribution in [2.24, 2.45) is 0 Å².